The first kappa shape index (κ1) is 12.5. The van der Waals surface area contributed by atoms with Gasteiger partial charge in [-0.25, -0.2) is 4.68 Å². The average Bonchev–Trinajstić information content (AvgIpc) is 2.85. The number of nitrogens with zero attached hydrogens (tertiary/aromatic N) is 2. The predicted octanol–water partition coefficient (Wildman–Crippen LogP) is 2.28. The molecule has 2 aromatic carbocycles. The Hall–Kier alpha value is -3.28. The number of nitrogens with one attached hydrogen (secondary N) is 1. The van der Waals surface area contributed by atoms with Crippen LogP contribution in [0.4, 0.5) is 0 Å². The molecular weight excluding hydrogens is 282 g/mol. The second-order valence-electron chi connectivity index (χ2n) is 5.02. The topological polar surface area (TPSA) is 91.1 Å². The van der Waals surface area contributed by atoms with Crippen LogP contribution in [0.25, 0.3) is 27.5 Å². The largest absolute Gasteiger partial charge is 0.508 e. The lowest BCUT2D eigenvalue weighted by Gasteiger charge is -2.01. The standard InChI is InChI=1S/C16H11N3O3/c20-10-3-1-9(2-4-10)19-16(22)13-8-17-14-7-11(21)5-6-12(14)15(13)18-19/h1-8,18,20-21H. The van der Waals surface area contributed by atoms with Gasteiger partial charge in [0.25, 0.3) is 5.56 Å². The number of fused-ring (bicyclic) bond motifs is 3. The van der Waals surface area contributed by atoms with Crippen molar-refractivity contribution in [3.05, 3.63) is 59.0 Å². The zero-order valence-electron chi connectivity index (χ0n) is 11.3. The summed E-state index contributed by atoms with van der Waals surface area (Å²) in [5.41, 5.74) is 1.66. The third-order valence-electron chi connectivity index (χ3n) is 3.62. The van der Waals surface area contributed by atoms with Crippen molar-refractivity contribution in [2.24, 2.45) is 0 Å². The summed E-state index contributed by atoms with van der Waals surface area (Å²) in [5, 5.41) is 23.2. The normalized spacial score (nSPS) is 11.3. The Kier molecular flexibility index (Phi) is 2.47. The van der Waals surface area contributed by atoms with E-state index in [2.05, 4.69) is 10.1 Å². The minimum Gasteiger partial charge on any atom is -0.508 e. The van der Waals surface area contributed by atoms with Crippen LogP contribution in [0.5, 0.6) is 11.5 Å². The van der Waals surface area contributed by atoms with Crippen LogP contribution in [0.15, 0.2) is 53.5 Å². The van der Waals surface area contributed by atoms with Gasteiger partial charge in [0.05, 0.1) is 22.1 Å². The zero-order chi connectivity index (χ0) is 15.3. The van der Waals surface area contributed by atoms with Crippen molar-refractivity contribution in [3.63, 3.8) is 0 Å². The van der Waals surface area contributed by atoms with Crippen molar-refractivity contribution in [2.45, 2.75) is 0 Å². The van der Waals surface area contributed by atoms with Crippen molar-refractivity contribution in [2.75, 3.05) is 0 Å². The van der Waals surface area contributed by atoms with Gasteiger partial charge in [-0.2, -0.15) is 0 Å². The molecule has 2 aromatic heterocycles. The van der Waals surface area contributed by atoms with Crippen LogP contribution in [-0.4, -0.2) is 25.0 Å². The fourth-order valence-electron chi connectivity index (χ4n) is 2.53. The van der Waals surface area contributed by atoms with E-state index in [0.29, 0.717) is 22.1 Å². The second-order valence-corrected chi connectivity index (χ2v) is 5.02. The molecule has 0 amide bonds. The molecule has 0 fully saturated rings. The molecule has 0 radical (unpaired) electrons. The maximum Gasteiger partial charge on any atom is 0.280 e. The lowest BCUT2D eigenvalue weighted by Crippen LogP contribution is -2.13. The fourth-order valence-corrected chi connectivity index (χ4v) is 2.53. The zero-order valence-corrected chi connectivity index (χ0v) is 11.3. The smallest absolute Gasteiger partial charge is 0.280 e. The number of phenolic OH excluding ortho intramolecular Hbond substituents is 2. The number of aromatic hydroxyl groups is 2. The van der Waals surface area contributed by atoms with Gasteiger partial charge in [0.2, 0.25) is 0 Å². The highest BCUT2D eigenvalue weighted by Crippen LogP contribution is 2.24. The molecule has 0 bridgehead atoms. The second kappa shape index (κ2) is 4.36. The molecule has 2 heterocycles. The van der Waals surface area contributed by atoms with E-state index in [1.165, 1.54) is 23.0 Å². The van der Waals surface area contributed by atoms with Crippen LogP contribution in [0, 0.1) is 0 Å². The minimum absolute atomic E-state index is 0.125. The van der Waals surface area contributed by atoms with Gasteiger partial charge in [-0.3, -0.25) is 14.9 Å². The number of aromatic nitrogens is 3. The Bertz CT molecular complexity index is 1060. The summed E-state index contributed by atoms with van der Waals surface area (Å²) in [5.74, 6) is 0.259. The fraction of sp³-hybridized carbons (Fsp3) is 0. The molecular formula is C16H11N3O3. The Morgan fingerprint density at radius 3 is 2.45 bits per heavy atom. The van der Waals surface area contributed by atoms with Gasteiger partial charge in [0.1, 0.15) is 11.5 Å². The van der Waals surface area contributed by atoms with Crippen LogP contribution in [0.2, 0.25) is 0 Å². The summed E-state index contributed by atoms with van der Waals surface area (Å²) in [6.45, 7) is 0. The van der Waals surface area contributed by atoms with Gasteiger partial charge in [0.15, 0.2) is 0 Å². The molecule has 4 aromatic rings. The molecule has 0 atom stereocenters. The quantitative estimate of drug-likeness (QED) is 0.502. The summed E-state index contributed by atoms with van der Waals surface area (Å²) in [6, 6.07) is 11.1. The SMILES string of the molecule is O=c1c2cnc3cc(O)ccc3c2[nH]n1-c1ccc(O)cc1. The maximum absolute atomic E-state index is 12.5. The van der Waals surface area contributed by atoms with E-state index in [1.807, 2.05) is 0 Å². The number of pyridine rings is 1. The first-order valence-electron chi connectivity index (χ1n) is 6.65. The molecule has 0 saturated heterocycles. The Labute approximate surface area is 123 Å². The number of aromatic amines is 1. The van der Waals surface area contributed by atoms with Crippen molar-refractivity contribution < 1.29 is 10.2 Å². The summed E-state index contributed by atoms with van der Waals surface area (Å²) in [7, 11) is 0. The van der Waals surface area contributed by atoms with Gasteiger partial charge in [-0.15, -0.1) is 0 Å². The molecule has 0 aliphatic heterocycles. The molecule has 0 saturated carbocycles. The van der Waals surface area contributed by atoms with E-state index < -0.39 is 0 Å². The molecule has 0 spiro atoms. The molecule has 22 heavy (non-hydrogen) atoms. The van der Waals surface area contributed by atoms with E-state index in [-0.39, 0.29) is 17.1 Å². The highest BCUT2D eigenvalue weighted by Gasteiger charge is 2.12. The lowest BCUT2D eigenvalue weighted by atomic mass is 10.1. The van der Waals surface area contributed by atoms with Gasteiger partial charge in [-0.1, -0.05) is 0 Å². The molecule has 6 heteroatoms. The Morgan fingerprint density at radius 1 is 0.955 bits per heavy atom. The van der Waals surface area contributed by atoms with Crippen molar-refractivity contribution in [3.8, 4) is 17.2 Å². The molecule has 0 unspecified atom stereocenters. The van der Waals surface area contributed by atoms with E-state index in [4.69, 9.17) is 0 Å². The molecule has 4 rings (SSSR count). The first-order chi connectivity index (χ1) is 10.6. The van der Waals surface area contributed by atoms with Gasteiger partial charge in [0, 0.05) is 17.6 Å². The maximum atomic E-state index is 12.5. The summed E-state index contributed by atoms with van der Waals surface area (Å²) >= 11 is 0. The molecule has 0 aliphatic rings. The summed E-state index contributed by atoms with van der Waals surface area (Å²) in [6.07, 6.45) is 1.49. The third-order valence-corrected chi connectivity index (χ3v) is 3.62. The lowest BCUT2D eigenvalue weighted by molar-refractivity contribution is 0.475. The van der Waals surface area contributed by atoms with E-state index in [0.717, 1.165) is 5.39 Å². The highest BCUT2D eigenvalue weighted by atomic mass is 16.3. The molecule has 108 valence electrons. The van der Waals surface area contributed by atoms with Crippen molar-refractivity contribution in [1.29, 1.82) is 0 Å². The number of phenols is 2. The molecule has 6 nitrogen and oxygen atoms in total. The summed E-state index contributed by atoms with van der Waals surface area (Å²) in [4.78, 5) is 16.7. The van der Waals surface area contributed by atoms with Crippen LogP contribution in [-0.2, 0) is 0 Å². The van der Waals surface area contributed by atoms with Gasteiger partial charge < -0.3 is 10.2 Å². The van der Waals surface area contributed by atoms with Gasteiger partial charge >= 0.3 is 0 Å². The van der Waals surface area contributed by atoms with Crippen LogP contribution < -0.4 is 5.56 Å². The minimum atomic E-state index is -0.219. The number of hydrogen-bond donors (Lipinski definition) is 3. The van der Waals surface area contributed by atoms with Crippen molar-refractivity contribution >= 4 is 21.8 Å². The highest BCUT2D eigenvalue weighted by molar-refractivity contribution is 6.03. The van der Waals surface area contributed by atoms with Crippen LogP contribution in [0.1, 0.15) is 0 Å². The van der Waals surface area contributed by atoms with E-state index in [1.54, 1.807) is 30.3 Å². The molecule has 0 aliphatic carbocycles. The number of hydrogen-bond acceptors (Lipinski definition) is 4. The van der Waals surface area contributed by atoms with Gasteiger partial charge in [-0.05, 0) is 36.4 Å². The Morgan fingerprint density at radius 2 is 1.68 bits per heavy atom. The number of rotatable bonds is 1. The average molecular weight is 293 g/mol. The van der Waals surface area contributed by atoms with Crippen LogP contribution in [0.3, 0.4) is 0 Å². The molecule has 3 N–H and O–H groups in total. The predicted molar refractivity (Wildman–Crippen MR) is 82.5 cm³/mol. The first-order valence-corrected chi connectivity index (χ1v) is 6.65. The Balaban J connectivity index is 2.06. The number of H-pyrrole nitrogens is 1. The van der Waals surface area contributed by atoms with Crippen LogP contribution >= 0.6 is 0 Å². The number of benzene rings is 2. The third kappa shape index (κ3) is 1.74. The van der Waals surface area contributed by atoms with Crippen molar-refractivity contribution in [1.82, 2.24) is 14.8 Å². The summed E-state index contributed by atoms with van der Waals surface area (Å²) < 4.78 is 1.40. The van der Waals surface area contributed by atoms with E-state index in [9.17, 15) is 15.0 Å². The monoisotopic (exact) mass is 293 g/mol. The van der Waals surface area contributed by atoms with E-state index >= 15 is 0 Å².